The maximum Gasteiger partial charge on any atom is 0.233 e. The molecule has 2 atom stereocenters. The monoisotopic (exact) mass is 350 g/mol. The maximum absolute atomic E-state index is 12.2. The third-order valence-electron chi connectivity index (χ3n) is 3.05. The molecule has 0 aromatic heterocycles. The molecule has 1 rings (SSSR count). The van der Waals surface area contributed by atoms with Gasteiger partial charge in [0.2, 0.25) is 5.91 Å². The predicted molar refractivity (Wildman–Crippen MR) is 94.5 cm³/mol. The Hall–Kier alpha value is -0.420. The lowest BCUT2D eigenvalue weighted by Gasteiger charge is -2.19. The van der Waals surface area contributed by atoms with E-state index in [1.54, 1.807) is 0 Å². The number of unbranched alkanes of at least 4 members (excludes halogenated alkanes) is 1. The predicted octanol–water partition coefficient (Wildman–Crippen LogP) is 3.88. The molecular formula is C15H24Cl2N2OS. The van der Waals surface area contributed by atoms with E-state index in [9.17, 15) is 4.79 Å². The number of nitrogens with one attached hydrogen (secondary N) is 1. The summed E-state index contributed by atoms with van der Waals surface area (Å²) in [7, 11) is 0. The second-order valence-electron chi connectivity index (χ2n) is 4.77. The van der Waals surface area contributed by atoms with Gasteiger partial charge in [-0.3, -0.25) is 4.79 Å². The molecule has 0 fully saturated rings. The molecule has 0 spiro atoms. The molecule has 1 amide bonds. The normalized spacial score (nSPS) is 13.1. The van der Waals surface area contributed by atoms with Crippen LogP contribution in [0.5, 0.6) is 0 Å². The van der Waals surface area contributed by atoms with Crippen LogP contribution in [0.1, 0.15) is 33.1 Å². The average Bonchev–Trinajstić information content (AvgIpc) is 2.45. The molecule has 1 aromatic rings. The van der Waals surface area contributed by atoms with Crippen molar-refractivity contribution in [2.75, 3.05) is 6.54 Å². The van der Waals surface area contributed by atoms with Gasteiger partial charge in [-0.15, -0.1) is 24.2 Å². The summed E-state index contributed by atoms with van der Waals surface area (Å²) in [5, 5.41) is 3.50. The lowest BCUT2D eigenvalue weighted by Crippen LogP contribution is -2.43. The number of carbonyl (C=O) groups excluding carboxylic acids is 1. The summed E-state index contributed by atoms with van der Waals surface area (Å²) in [6.07, 6.45) is 3.12. The number of rotatable bonds is 8. The highest BCUT2D eigenvalue weighted by Gasteiger charge is 2.18. The van der Waals surface area contributed by atoms with E-state index in [4.69, 9.17) is 17.3 Å². The third kappa shape index (κ3) is 7.41. The lowest BCUT2D eigenvalue weighted by atomic mass is 10.1. The zero-order chi connectivity index (χ0) is 15.0. The number of benzene rings is 1. The Kier molecular flexibility index (Phi) is 11.0. The minimum absolute atomic E-state index is 0. The van der Waals surface area contributed by atoms with Gasteiger partial charge in [0.1, 0.15) is 0 Å². The summed E-state index contributed by atoms with van der Waals surface area (Å²) in [5.74, 6) is 0.0153. The van der Waals surface area contributed by atoms with Gasteiger partial charge in [-0.05, 0) is 25.5 Å². The number of hydrogen-bond acceptors (Lipinski definition) is 3. The summed E-state index contributed by atoms with van der Waals surface area (Å²) in [6.45, 7) is 4.50. The number of hydrogen-bond donors (Lipinski definition) is 2. The van der Waals surface area contributed by atoms with Gasteiger partial charge < -0.3 is 11.1 Å². The van der Waals surface area contributed by atoms with Crippen LogP contribution in [0.2, 0.25) is 5.02 Å². The van der Waals surface area contributed by atoms with Crippen LogP contribution in [0.4, 0.5) is 0 Å². The molecule has 0 bridgehead atoms. The molecule has 3 nitrogen and oxygen atoms in total. The Morgan fingerprint density at radius 3 is 2.67 bits per heavy atom. The Morgan fingerprint density at radius 2 is 2.10 bits per heavy atom. The van der Waals surface area contributed by atoms with Crippen LogP contribution in [0.25, 0.3) is 0 Å². The molecule has 0 radical (unpaired) electrons. The van der Waals surface area contributed by atoms with Crippen LogP contribution in [-0.4, -0.2) is 23.7 Å². The maximum atomic E-state index is 12.2. The van der Waals surface area contributed by atoms with Gasteiger partial charge >= 0.3 is 0 Å². The highest BCUT2D eigenvalue weighted by Crippen LogP contribution is 2.30. The van der Waals surface area contributed by atoms with Crippen molar-refractivity contribution in [3.05, 3.63) is 29.3 Å². The Morgan fingerprint density at radius 1 is 1.43 bits per heavy atom. The number of halogens is 2. The largest absolute Gasteiger partial charge is 0.351 e. The van der Waals surface area contributed by atoms with E-state index in [-0.39, 0.29) is 29.6 Å². The summed E-state index contributed by atoms with van der Waals surface area (Å²) >= 11 is 7.57. The number of thioether (sulfide) groups is 1. The third-order valence-corrected chi connectivity index (χ3v) is 4.67. The van der Waals surface area contributed by atoms with Crippen molar-refractivity contribution in [2.24, 2.45) is 5.73 Å². The van der Waals surface area contributed by atoms with Gasteiger partial charge in [0, 0.05) is 17.5 Å². The minimum atomic E-state index is -0.189. The zero-order valence-electron chi connectivity index (χ0n) is 12.5. The van der Waals surface area contributed by atoms with E-state index in [0.29, 0.717) is 11.6 Å². The minimum Gasteiger partial charge on any atom is -0.351 e. The van der Waals surface area contributed by atoms with Crippen molar-refractivity contribution < 1.29 is 4.79 Å². The van der Waals surface area contributed by atoms with E-state index in [1.807, 2.05) is 31.2 Å². The first-order chi connectivity index (χ1) is 9.58. The quantitative estimate of drug-likeness (QED) is 0.699. The van der Waals surface area contributed by atoms with E-state index in [1.165, 1.54) is 11.8 Å². The van der Waals surface area contributed by atoms with Crippen LogP contribution in [0, 0.1) is 0 Å². The van der Waals surface area contributed by atoms with Gasteiger partial charge in [-0.1, -0.05) is 43.5 Å². The molecule has 21 heavy (non-hydrogen) atoms. The highest BCUT2D eigenvalue weighted by atomic mass is 35.5. The summed E-state index contributed by atoms with van der Waals surface area (Å²) < 4.78 is 0. The summed E-state index contributed by atoms with van der Waals surface area (Å²) in [4.78, 5) is 13.1. The van der Waals surface area contributed by atoms with Crippen molar-refractivity contribution in [2.45, 2.75) is 49.3 Å². The van der Waals surface area contributed by atoms with Gasteiger partial charge in [0.05, 0.1) is 10.3 Å². The van der Waals surface area contributed by atoms with Crippen molar-refractivity contribution >= 4 is 41.7 Å². The highest BCUT2D eigenvalue weighted by molar-refractivity contribution is 8.00. The van der Waals surface area contributed by atoms with Crippen LogP contribution >= 0.6 is 35.8 Å². The molecule has 0 saturated carbocycles. The number of amides is 1. The van der Waals surface area contributed by atoms with E-state index in [0.717, 1.165) is 24.2 Å². The molecule has 0 saturated heterocycles. The van der Waals surface area contributed by atoms with Crippen LogP contribution in [0.3, 0.4) is 0 Å². The van der Waals surface area contributed by atoms with Crippen molar-refractivity contribution in [1.29, 1.82) is 0 Å². The second-order valence-corrected chi connectivity index (χ2v) is 6.56. The molecule has 0 aliphatic heterocycles. The smallest absolute Gasteiger partial charge is 0.233 e. The lowest BCUT2D eigenvalue weighted by molar-refractivity contribution is -0.121. The van der Waals surface area contributed by atoms with Gasteiger partial charge in [-0.2, -0.15) is 0 Å². The molecule has 6 heteroatoms. The standard InChI is InChI=1S/C15H23ClN2OS.ClH/c1-3-4-7-12(10-17)18-15(19)11(2)20-14-9-6-5-8-13(14)16;/h5-6,8-9,11-12H,3-4,7,10,17H2,1-2H3,(H,18,19);1H. The van der Waals surface area contributed by atoms with Crippen LogP contribution in [0.15, 0.2) is 29.2 Å². The van der Waals surface area contributed by atoms with Gasteiger partial charge in [0.25, 0.3) is 0 Å². The van der Waals surface area contributed by atoms with Crippen molar-refractivity contribution in [3.8, 4) is 0 Å². The zero-order valence-corrected chi connectivity index (χ0v) is 14.9. The fourth-order valence-corrected chi connectivity index (χ4v) is 2.97. The molecule has 0 aliphatic carbocycles. The molecule has 1 aromatic carbocycles. The van der Waals surface area contributed by atoms with Crippen LogP contribution in [-0.2, 0) is 4.79 Å². The van der Waals surface area contributed by atoms with E-state index in [2.05, 4.69) is 12.2 Å². The molecule has 0 heterocycles. The second kappa shape index (κ2) is 11.2. The molecule has 2 unspecified atom stereocenters. The first kappa shape index (κ1) is 20.6. The molecule has 120 valence electrons. The Labute approximate surface area is 142 Å². The van der Waals surface area contributed by atoms with Crippen LogP contribution < -0.4 is 11.1 Å². The van der Waals surface area contributed by atoms with Crippen molar-refractivity contribution in [1.82, 2.24) is 5.32 Å². The number of nitrogens with two attached hydrogens (primary N) is 1. The Bertz CT molecular complexity index is 432. The summed E-state index contributed by atoms with van der Waals surface area (Å²) in [6, 6.07) is 7.62. The Balaban J connectivity index is 0.00000400. The number of carbonyl (C=O) groups is 1. The van der Waals surface area contributed by atoms with Gasteiger partial charge in [0.15, 0.2) is 0 Å². The first-order valence-corrected chi connectivity index (χ1v) is 8.25. The molecule has 0 aliphatic rings. The summed E-state index contributed by atoms with van der Waals surface area (Å²) in [5.41, 5.74) is 5.70. The van der Waals surface area contributed by atoms with Crippen molar-refractivity contribution in [3.63, 3.8) is 0 Å². The van der Waals surface area contributed by atoms with Gasteiger partial charge in [-0.25, -0.2) is 0 Å². The van der Waals surface area contributed by atoms with E-state index >= 15 is 0 Å². The fourth-order valence-electron chi connectivity index (χ4n) is 1.80. The van der Waals surface area contributed by atoms with E-state index < -0.39 is 0 Å². The fraction of sp³-hybridized carbons (Fsp3) is 0.533. The SMILES string of the molecule is CCCCC(CN)NC(=O)C(C)Sc1ccccc1Cl.Cl. The first-order valence-electron chi connectivity index (χ1n) is 7.00. The average molecular weight is 351 g/mol. The topological polar surface area (TPSA) is 55.1 Å². The molecule has 3 N–H and O–H groups in total. The molecular weight excluding hydrogens is 327 g/mol.